The van der Waals surface area contributed by atoms with Crippen molar-refractivity contribution in [2.24, 2.45) is 0 Å². The molecule has 0 spiro atoms. The highest BCUT2D eigenvalue weighted by molar-refractivity contribution is 7.89. The average Bonchev–Trinajstić information content (AvgIpc) is 2.97. The second kappa shape index (κ2) is 8.30. The number of sulfonamides is 1. The van der Waals surface area contributed by atoms with E-state index in [0.29, 0.717) is 12.3 Å². The molecule has 0 saturated carbocycles. The van der Waals surface area contributed by atoms with Gasteiger partial charge in [0.2, 0.25) is 16.4 Å². The lowest BCUT2D eigenvalue weighted by atomic mass is 10.2. The van der Waals surface area contributed by atoms with Gasteiger partial charge in [-0.15, -0.1) is 0 Å². The van der Waals surface area contributed by atoms with Gasteiger partial charge in [0.25, 0.3) is 0 Å². The lowest BCUT2D eigenvalue weighted by Gasteiger charge is -2.09. The molecule has 2 rings (SSSR count). The molecule has 1 heterocycles. The smallest absolute Gasteiger partial charge is 0.241 e. The minimum Gasteiger partial charge on any atom is -1.00 e. The molecular formula is C14H20BrN3O3S. The number of halogens is 1. The Morgan fingerprint density at radius 1 is 1.36 bits per heavy atom. The number of rotatable bonds is 7. The summed E-state index contributed by atoms with van der Waals surface area (Å²) in [6, 6.07) is 4.83. The predicted octanol–water partition coefficient (Wildman–Crippen LogP) is -2.01. The molecule has 0 saturated heterocycles. The predicted molar refractivity (Wildman–Crippen MR) is 78.5 cm³/mol. The maximum atomic E-state index is 12.2. The maximum absolute atomic E-state index is 12.2. The standard InChI is InChI=1S/C14H19N3O3S.BrH/c1-12-10-13(4-5-14(12)20-2)21(18,19)16-6-3-8-17-9-7-15-11-17;/h4-5,7,9-11,16H,3,6,8H2,1-2H3;1H. The molecule has 0 radical (unpaired) electrons. The SMILES string of the molecule is COc1ccc(S(=O)(=O)NCCC[n+]2cc[nH]c2)cc1C.[Br-]. The van der Waals surface area contributed by atoms with Gasteiger partial charge in [0.15, 0.2) is 0 Å². The molecule has 2 aromatic rings. The van der Waals surface area contributed by atoms with Crippen LogP contribution in [0.15, 0.2) is 41.8 Å². The summed E-state index contributed by atoms with van der Waals surface area (Å²) in [5, 5.41) is 0. The Morgan fingerprint density at radius 3 is 2.73 bits per heavy atom. The molecule has 122 valence electrons. The summed E-state index contributed by atoms with van der Waals surface area (Å²) in [5.41, 5.74) is 0.795. The first-order valence-corrected chi connectivity index (χ1v) is 8.17. The normalized spacial score (nSPS) is 11.0. The minimum atomic E-state index is -3.47. The van der Waals surface area contributed by atoms with Crippen molar-refractivity contribution >= 4 is 10.0 Å². The Bertz CT molecular complexity index is 687. The summed E-state index contributed by atoms with van der Waals surface area (Å²) in [6.45, 7) is 2.97. The zero-order valence-electron chi connectivity index (χ0n) is 12.5. The lowest BCUT2D eigenvalue weighted by molar-refractivity contribution is -0.695. The summed E-state index contributed by atoms with van der Waals surface area (Å²) in [6.07, 6.45) is 6.28. The molecule has 6 nitrogen and oxygen atoms in total. The fourth-order valence-electron chi connectivity index (χ4n) is 2.03. The van der Waals surface area contributed by atoms with Gasteiger partial charge in [0, 0.05) is 6.54 Å². The van der Waals surface area contributed by atoms with Gasteiger partial charge >= 0.3 is 0 Å². The Balaban J connectivity index is 0.00000242. The summed E-state index contributed by atoms with van der Waals surface area (Å²) >= 11 is 0. The van der Waals surface area contributed by atoms with E-state index < -0.39 is 10.0 Å². The highest BCUT2D eigenvalue weighted by atomic mass is 79.9. The Hall–Kier alpha value is -1.38. The molecule has 0 unspecified atom stereocenters. The van der Waals surface area contributed by atoms with Crippen LogP contribution in [0, 0.1) is 6.92 Å². The zero-order chi connectivity index (χ0) is 15.3. The molecule has 8 heteroatoms. The molecular weight excluding hydrogens is 370 g/mol. The Labute approximate surface area is 141 Å². The van der Waals surface area contributed by atoms with Crippen LogP contribution >= 0.6 is 0 Å². The van der Waals surface area contributed by atoms with E-state index in [1.54, 1.807) is 25.3 Å². The first-order chi connectivity index (χ1) is 10.0. The number of hydrogen-bond donors (Lipinski definition) is 2. The van der Waals surface area contributed by atoms with Gasteiger partial charge in [-0.3, -0.25) is 4.98 Å². The first-order valence-electron chi connectivity index (χ1n) is 6.69. The molecule has 1 aromatic carbocycles. The molecule has 0 aliphatic heterocycles. The summed E-state index contributed by atoms with van der Waals surface area (Å²) < 4.78 is 34.1. The molecule has 22 heavy (non-hydrogen) atoms. The molecule has 0 fully saturated rings. The molecule has 0 atom stereocenters. The lowest BCUT2D eigenvalue weighted by Crippen LogP contribution is -3.00. The largest absolute Gasteiger partial charge is 1.00 e. The van der Waals surface area contributed by atoms with Crippen LogP contribution in [0.4, 0.5) is 0 Å². The first kappa shape index (κ1) is 18.7. The Morgan fingerprint density at radius 2 is 2.14 bits per heavy atom. The van der Waals surface area contributed by atoms with E-state index in [9.17, 15) is 8.42 Å². The zero-order valence-corrected chi connectivity index (χ0v) is 14.9. The number of aromatic nitrogens is 2. The van der Waals surface area contributed by atoms with Gasteiger partial charge in [0.05, 0.1) is 18.6 Å². The monoisotopic (exact) mass is 389 g/mol. The van der Waals surface area contributed by atoms with Crippen LogP contribution in [-0.2, 0) is 16.6 Å². The van der Waals surface area contributed by atoms with Crippen LogP contribution in [0.2, 0.25) is 0 Å². The number of H-pyrrole nitrogens is 1. The van der Waals surface area contributed by atoms with E-state index in [1.807, 2.05) is 30.2 Å². The summed E-state index contributed by atoms with van der Waals surface area (Å²) in [5.74, 6) is 0.679. The minimum absolute atomic E-state index is 0. The van der Waals surface area contributed by atoms with E-state index in [2.05, 4.69) is 9.71 Å². The quantitative estimate of drug-likeness (QED) is 0.424. The van der Waals surface area contributed by atoms with Gasteiger partial charge in [0.1, 0.15) is 18.1 Å². The van der Waals surface area contributed by atoms with E-state index in [0.717, 1.165) is 18.5 Å². The van der Waals surface area contributed by atoms with Crippen LogP contribution in [0.1, 0.15) is 12.0 Å². The number of aryl methyl sites for hydroxylation is 2. The number of methoxy groups -OCH3 is 1. The van der Waals surface area contributed by atoms with Crippen molar-refractivity contribution in [3.05, 3.63) is 42.5 Å². The molecule has 0 bridgehead atoms. The third-order valence-corrected chi connectivity index (χ3v) is 4.62. The number of ether oxygens (including phenoxy) is 1. The fourth-order valence-corrected chi connectivity index (χ4v) is 3.19. The molecule has 2 N–H and O–H groups in total. The van der Waals surface area contributed by atoms with E-state index >= 15 is 0 Å². The van der Waals surface area contributed by atoms with Crippen LogP contribution in [0.25, 0.3) is 0 Å². The molecule has 0 amide bonds. The number of hydrogen-bond acceptors (Lipinski definition) is 3. The number of aromatic amines is 1. The van der Waals surface area contributed by atoms with Gasteiger partial charge in [-0.25, -0.2) is 17.7 Å². The summed E-state index contributed by atoms with van der Waals surface area (Å²) in [4.78, 5) is 3.20. The second-order valence-electron chi connectivity index (χ2n) is 4.73. The van der Waals surface area contributed by atoms with Gasteiger partial charge in [-0.1, -0.05) is 0 Å². The van der Waals surface area contributed by atoms with Crippen LogP contribution in [-0.4, -0.2) is 27.1 Å². The van der Waals surface area contributed by atoms with E-state index in [4.69, 9.17) is 4.74 Å². The van der Waals surface area contributed by atoms with Gasteiger partial charge in [-0.2, -0.15) is 0 Å². The molecule has 0 aliphatic rings. The number of nitrogens with zero attached hydrogens (tertiary/aromatic N) is 1. The Kier molecular flexibility index (Phi) is 7.05. The van der Waals surface area contributed by atoms with Crippen molar-refractivity contribution in [1.82, 2.24) is 9.71 Å². The maximum Gasteiger partial charge on any atom is 0.241 e. The van der Waals surface area contributed by atoms with Crippen LogP contribution < -0.4 is 31.0 Å². The fraction of sp³-hybridized carbons (Fsp3) is 0.357. The van der Waals surface area contributed by atoms with Gasteiger partial charge in [-0.05, 0) is 37.1 Å². The van der Waals surface area contributed by atoms with Crippen molar-refractivity contribution < 1.29 is 34.7 Å². The second-order valence-corrected chi connectivity index (χ2v) is 6.50. The topological polar surface area (TPSA) is 75.1 Å². The van der Waals surface area contributed by atoms with Gasteiger partial charge < -0.3 is 21.7 Å². The van der Waals surface area contributed by atoms with Crippen LogP contribution in [0.3, 0.4) is 0 Å². The van der Waals surface area contributed by atoms with Crippen molar-refractivity contribution in [3.63, 3.8) is 0 Å². The molecule has 1 aromatic heterocycles. The van der Waals surface area contributed by atoms with E-state index in [1.165, 1.54) is 0 Å². The highest BCUT2D eigenvalue weighted by Gasteiger charge is 2.14. The summed E-state index contributed by atoms with van der Waals surface area (Å²) in [7, 11) is -1.91. The third kappa shape index (κ3) is 4.82. The number of imidazole rings is 1. The average molecular weight is 390 g/mol. The third-order valence-electron chi connectivity index (χ3n) is 3.16. The number of benzene rings is 1. The van der Waals surface area contributed by atoms with Crippen molar-refractivity contribution in [2.75, 3.05) is 13.7 Å². The van der Waals surface area contributed by atoms with E-state index in [-0.39, 0.29) is 21.9 Å². The van der Waals surface area contributed by atoms with Crippen molar-refractivity contribution in [3.8, 4) is 5.75 Å². The van der Waals surface area contributed by atoms with Crippen LogP contribution in [0.5, 0.6) is 5.75 Å². The van der Waals surface area contributed by atoms with Crippen molar-refractivity contribution in [1.29, 1.82) is 0 Å². The highest BCUT2D eigenvalue weighted by Crippen LogP contribution is 2.21. The molecule has 0 aliphatic carbocycles. The van der Waals surface area contributed by atoms with Crippen molar-refractivity contribution in [2.45, 2.75) is 24.8 Å². The number of nitrogens with one attached hydrogen (secondary N) is 2.